The van der Waals surface area contributed by atoms with E-state index in [2.05, 4.69) is 19.6 Å². The Morgan fingerprint density at radius 3 is 2.52 bits per heavy atom. The fourth-order valence-corrected chi connectivity index (χ4v) is 4.08. The highest BCUT2D eigenvalue weighted by molar-refractivity contribution is 7.89. The Morgan fingerprint density at radius 2 is 1.97 bits per heavy atom. The van der Waals surface area contributed by atoms with Gasteiger partial charge in [-0.3, -0.25) is 0 Å². The Bertz CT molecular complexity index is 779. The van der Waals surface area contributed by atoms with Crippen LogP contribution in [0.25, 0.3) is 0 Å². The minimum Gasteiger partial charge on any atom is -0.475 e. The van der Waals surface area contributed by atoms with Crippen molar-refractivity contribution >= 4 is 21.9 Å². The third-order valence-corrected chi connectivity index (χ3v) is 5.97. The first-order chi connectivity index (χ1) is 13.5. The van der Waals surface area contributed by atoms with E-state index < -0.39 is 22.2 Å². The fourth-order valence-electron chi connectivity index (χ4n) is 3.24. The molecule has 1 aromatic rings. The molecule has 2 fully saturated rings. The molecule has 0 aliphatic carbocycles. The fraction of sp³-hybridized carbons (Fsp3) is 0.688. The molecule has 29 heavy (non-hydrogen) atoms. The molecule has 2 aliphatic heterocycles. The van der Waals surface area contributed by atoms with Crippen molar-refractivity contribution in [3.63, 3.8) is 0 Å². The number of carboxylic acid groups (broad SMARTS) is 1. The Hall–Kier alpha value is -1.99. The van der Waals surface area contributed by atoms with Gasteiger partial charge in [0.1, 0.15) is 0 Å². The largest absolute Gasteiger partial charge is 0.490 e. The number of hydrogen-bond donors (Lipinski definition) is 2. The highest BCUT2D eigenvalue weighted by atomic mass is 32.2. The van der Waals surface area contributed by atoms with Gasteiger partial charge in [0.25, 0.3) is 0 Å². The lowest BCUT2D eigenvalue weighted by Crippen LogP contribution is -2.61. The number of piperidine rings is 1. The molecule has 1 aromatic heterocycles. The van der Waals surface area contributed by atoms with E-state index in [4.69, 9.17) is 14.6 Å². The van der Waals surface area contributed by atoms with Gasteiger partial charge in [0, 0.05) is 38.0 Å². The Morgan fingerprint density at radius 1 is 1.34 bits per heavy atom. The topological polar surface area (TPSA) is 122 Å². The zero-order valence-corrected chi connectivity index (χ0v) is 16.5. The number of aliphatic carboxylic acids is 1. The molecule has 3 rings (SSSR count). The van der Waals surface area contributed by atoms with Crippen LogP contribution in [0.4, 0.5) is 19.1 Å². The summed E-state index contributed by atoms with van der Waals surface area (Å²) in [6.07, 6.45) is 0.319. The molecule has 0 bridgehead atoms. The third-order valence-electron chi connectivity index (χ3n) is 4.55. The molecular weight excluding hydrogens is 417 g/mol. The molecule has 164 valence electrons. The lowest BCUT2D eigenvalue weighted by Gasteiger charge is -2.45. The molecule has 0 spiro atoms. The van der Waals surface area contributed by atoms with Crippen LogP contribution in [0.15, 0.2) is 18.5 Å². The first kappa shape index (κ1) is 23.3. The molecule has 9 nitrogen and oxygen atoms in total. The molecule has 2 saturated heterocycles. The van der Waals surface area contributed by atoms with Gasteiger partial charge in [0.05, 0.1) is 17.9 Å². The van der Waals surface area contributed by atoms with E-state index in [1.165, 1.54) is 0 Å². The van der Waals surface area contributed by atoms with Gasteiger partial charge in [-0.25, -0.2) is 27.9 Å². The van der Waals surface area contributed by atoms with Crippen molar-refractivity contribution in [2.75, 3.05) is 30.3 Å². The molecule has 0 amide bonds. The highest BCUT2D eigenvalue weighted by Crippen LogP contribution is 2.30. The Labute approximate surface area is 166 Å². The van der Waals surface area contributed by atoms with Crippen molar-refractivity contribution in [1.29, 1.82) is 0 Å². The van der Waals surface area contributed by atoms with Gasteiger partial charge in [-0.2, -0.15) is 13.2 Å². The number of ether oxygens (including phenoxy) is 1. The summed E-state index contributed by atoms with van der Waals surface area (Å²) in [6, 6.07) is 1.52. The zero-order valence-electron chi connectivity index (χ0n) is 15.7. The Balaban J connectivity index is 0.000000370. The van der Waals surface area contributed by atoms with E-state index in [0.29, 0.717) is 25.0 Å². The number of nitrogens with zero attached hydrogens (tertiary/aromatic N) is 3. The molecule has 13 heteroatoms. The number of sulfonamides is 1. The van der Waals surface area contributed by atoms with E-state index >= 15 is 0 Å². The maximum Gasteiger partial charge on any atom is 0.490 e. The molecular formula is C16H23F3N4O5S. The second-order valence-corrected chi connectivity index (χ2v) is 8.66. The van der Waals surface area contributed by atoms with Crippen molar-refractivity contribution in [1.82, 2.24) is 14.7 Å². The maximum atomic E-state index is 12.0. The standard InChI is InChI=1S/C14H22N4O3S.C2HF3O2/c1-2-22(19,20)17-12-10-18(14-15-6-4-7-16-14)9-11-5-3-8-21-13(11)12;3-2(4,5)1(6)7/h4,6-7,11-13,17H,2-3,5,8-10H2,1H3;(H,6,7)/t11-,12+,13-;/m0./s1. The number of anilines is 1. The molecule has 0 unspecified atom stereocenters. The van der Waals surface area contributed by atoms with Gasteiger partial charge in [-0.05, 0) is 25.8 Å². The van der Waals surface area contributed by atoms with Crippen LogP contribution in [-0.4, -0.2) is 73.2 Å². The molecule has 0 saturated carbocycles. The molecule has 3 atom stereocenters. The van der Waals surface area contributed by atoms with Crippen molar-refractivity contribution in [2.24, 2.45) is 5.92 Å². The molecule has 0 radical (unpaired) electrons. The number of fused-ring (bicyclic) bond motifs is 1. The van der Waals surface area contributed by atoms with Crippen molar-refractivity contribution in [2.45, 2.75) is 38.1 Å². The Kier molecular flexibility index (Phi) is 7.77. The van der Waals surface area contributed by atoms with Crippen LogP contribution in [0.5, 0.6) is 0 Å². The van der Waals surface area contributed by atoms with Gasteiger partial charge in [0.2, 0.25) is 16.0 Å². The van der Waals surface area contributed by atoms with E-state index in [0.717, 1.165) is 19.4 Å². The maximum absolute atomic E-state index is 12.0. The smallest absolute Gasteiger partial charge is 0.475 e. The first-order valence-electron chi connectivity index (χ1n) is 8.97. The molecule has 3 heterocycles. The van der Waals surface area contributed by atoms with Crippen LogP contribution in [0.3, 0.4) is 0 Å². The SMILES string of the molecule is CCS(=O)(=O)N[C@@H]1CN(c2ncccn2)C[C@@H]2CCCO[C@@H]21.O=C(O)C(F)(F)F. The van der Waals surface area contributed by atoms with Crippen LogP contribution in [-0.2, 0) is 19.6 Å². The second kappa shape index (κ2) is 9.67. The van der Waals surface area contributed by atoms with Crippen molar-refractivity contribution in [3.8, 4) is 0 Å². The lowest BCUT2D eigenvalue weighted by molar-refractivity contribution is -0.192. The highest BCUT2D eigenvalue weighted by Gasteiger charge is 2.41. The van der Waals surface area contributed by atoms with E-state index in [1.54, 1.807) is 25.4 Å². The number of carbonyl (C=O) groups is 1. The summed E-state index contributed by atoms with van der Waals surface area (Å²) in [4.78, 5) is 19.5. The van der Waals surface area contributed by atoms with Crippen molar-refractivity contribution < 1.29 is 36.2 Å². The summed E-state index contributed by atoms with van der Waals surface area (Å²) >= 11 is 0. The first-order valence-corrected chi connectivity index (χ1v) is 10.6. The number of aromatic nitrogens is 2. The monoisotopic (exact) mass is 440 g/mol. The number of hydrogen-bond acceptors (Lipinski definition) is 7. The summed E-state index contributed by atoms with van der Waals surface area (Å²) in [7, 11) is -3.27. The number of alkyl halides is 3. The van der Waals surface area contributed by atoms with Crippen LogP contribution < -0.4 is 9.62 Å². The summed E-state index contributed by atoms with van der Waals surface area (Å²) in [6.45, 7) is 3.68. The quantitative estimate of drug-likeness (QED) is 0.712. The van der Waals surface area contributed by atoms with Gasteiger partial charge >= 0.3 is 12.1 Å². The van der Waals surface area contributed by atoms with Crippen LogP contribution in [0.1, 0.15) is 19.8 Å². The van der Waals surface area contributed by atoms with Gasteiger partial charge in [-0.15, -0.1) is 0 Å². The predicted molar refractivity (Wildman–Crippen MR) is 96.8 cm³/mol. The van der Waals surface area contributed by atoms with Gasteiger partial charge < -0.3 is 14.7 Å². The second-order valence-electron chi connectivity index (χ2n) is 6.62. The van der Waals surface area contributed by atoms with E-state index in [9.17, 15) is 21.6 Å². The van der Waals surface area contributed by atoms with Crippen LogP contribution in [0, 0.1) is 5.92 Å². The summed E-state index contributed by atoms with van der Waals surface area (Å²) in [5.41, 5.74) is 0. The van der Waals surface area contributed by atoms with Crippen molar-refractivity contribution in [3.05, 3.63) is 18.5 Å². The normalized spacial score (nSPS) is 24.8. The summed E-state index contributed by atoms with van der Waals surface area (Å²) in [5, 5.41) is 7.12. The number of carboxylic acids is 1. The number of nitrogens with one attached hydrogen (secondary N) is 1. The van der Waals surface area contributed by atoms with E-state index in [1.807, 2.05) is 0 Å². The molecule has 2 aliphatic rings. The number of rotatable bonds is 4. The van der Waals surface area contributed by atoms with E-state index in [-0.39, 0.29) is 17.9 Å². The minimum absolute atomic E-state index is 0.0602. The number of halogens is 3. The average molecular weight is 440 g/mol. The summed E-state index contributed by atoms with van der Waals surface area (Å²) < 4.78 is 64.3. The molecule has 2 N–H and O–H groups in total. The lowest BCUT2D eigenvalue weighted by atomic mass is 9.86. The predicted octanol–water partition coefficient (Wildman–Crippen LogP) is 1.03. The zero-order chi connectivity index (χ0) is 21.7. The average Bonchev–Trinajstić information content (AvgIpc) is 2.68. The minimum atomic E-state index is -5.08. The van der Waals surface area contributed by atoms with Gasteiger partial charge in [0.15, 0.2) is 0 Å². The summed E-state index contributed by atoms with van der Waals surface area (Å²) in [5.74, 6) is -1.74. The van der Waals surface area contributed by atoms with Gasteiger partial charge in [-0.1, -0.05) is 0 Å². The van der Waals surface area contributed by atoms with Crippen LogP contribution >= 0.6 is 0 Å². The van der Waals surface area contributed by atoms with Crippen LogP contribution in [0.2, 0.25) is 0 Å². The third kappa shape index (κ3) is 6.78. The molecule has 0 aromatic carbocycles.